The van der Waals surface area contributed by atoms with E-state index >= 15 is 4.39 Å². The highest BCUT2D eigenvalue weighted by atomic mass is 31.2. The largest absolute Gasteiger partial charge is 0.462 e. The first-order chi connectivity index (χ1) is 17.5. The van der Waals surface area contributed by atoms with Crippen molar-refractivity contribution in [2.45, 2.75) is 70.0 Å². The van der Waals surface area contributed by atoms with E-state index in [4.69, 9.17) is 30.0 Å². The summed E-state index contributed by atoms with van der Waals surface area (Å²) in [6.07, 6.45) is -1.34. The molecule has 0 radical (unpaired) electrons. The normalized spacial score (nSPS) is 29.6. The van der Waals surface area contributed by atoms with Crippen LogP contribution in [0.15, 0.2) is 47.4 Å². The van der Waals surface area contributed by atoms with Gasteiger partial charge < -0.3 is 30.6 Å². The maximum atomic E-state index is 16.2. The molecule has 210 valence electrons. The van der Waals surface area contributed by atoms with Crippen molar-refractivity contribution in [1.82, 2.24) is 14.6 Å². The molecule has 1 aliphatic rings. The van der Waals surface area contributed by atoms with Gasteiger partial charge >= 0.3 is 19.4 Å². The number of nitrogens with zero attached hydrogens (tertiary/aromatic N) is 2. The van der Waals surface area contributed by atoms with Gasteiger partial charge in [-0.2, -0.15) is 10.1 Å². The number of aliphatic hydroxyl groups is 1. The Morgan fingerprint density at radius 2 is 1.92 bits per heavy atom. The van der Waals surface area contributed by atoms with Gasteiger partial charge in [-0.15, -0.1) is 0 Å². The number of nitrogen functional groups attached to an aromatic ring is 1. The minimum atomic E-state index is -4.51. The average Bonchev–Trinajstić information content (AvgIpc) is 2.95. The van der Waals surface area contributed by atoms with Crippen molar-refractivity contribution in [1.29, 1.82) is 0 Å². The number of hydrogen-bond donors (Lipinski definition) is 4. The first-order valence-corrected chi connectivity index (χ1v) is 13.3. The second-order valence-electron chi connectivity index (χ2n) is 9.57. The van der Waals surface area contributed by atoms with Crippen LogP contribution in [0.3, 0.4) is 0 Å². The summed E-state index contributed by atoms with van der Waals surface area (Å²) < 4.78 is 52.3. The van der Waals surface area contributed by atoms with E-state index in [1.165, 1.54) is 45.2 Å². The first-order valence-electron chi connectivity index (χ1n) is 11.7. The van der Waals surface area contributed by atoms with Gasteiger partial charge in [0.15, 0.2) is 5.72 Å². The van der Waals surface area contributed by atoms with Crippen LogP contribution < -0.4 is 26.8 Å². The summed E-state index contributed by atoms with van der Waals surface area (Å²) in [4.78, 5) is 28.4. The number of hydrogen-bond acceptors (Lipinski definition) is 11. The van der Waals surface area contributed by atoms with Crippen molar-refractivity contribution < 1.29 is 37.4 Å². The summed E-state index contributed by atoms with van der Waals surface area (Å²) in [6, 6.07) is 7.90. The van der Waals surface area contributed by atoms with Crippen LogP contribution in [0.1, 0.15) is 34.6 Å². The molecule has 1 aliphatic heterocycles. The van der Waals surface area contributed by atoms with Crippen molar-refractivity contribution in [3.63, 3.8) is 0 Å². The monoisotopic (exact) mass is 557 g/mol. The highest BCUT2D eigenvalue weighted by molar-refractivity contribution is 7.52. The Labute approximate surface area is 218 Å². The second-order valence-corrected chi connectivity index (χ2v) is 11.3. The van der Waals surface area contributed by atoms with Gasteiger partial charge in [0.25, 0.3) is 5.85 Å². The Bertz CT molecular complexity index is 1260. The minimum Gasteiger partial charge on any atom is -0.462 e. The molecule has 0 amide bonds. The highest BCUT2D eigenvalue weighted by Gasteiger charge is 2.68. The molecule has 1 unspecified atom stereocenters. The number of esters is 1. The van der Waals surface area contributed by atoms with Crippen molar-refractivity contribution in [2.75, 3.05) is 12.3 Å². The molecule has 0 spiro atoms. The first kappa shape index (κ1) is 29.7. The van der Waals surface area contributed by atoms with E-state index in [-0.39, 0.29) is 11.6 Å². The third kappa shape index (κ3) is 5.90. The standard InChI is InChI=1S/C23H33FN5O8P/c1-14(2)35-18(30)15(3)28-38(33,36-16-9-7-6-8-10-16)34-13-23(24)19(31)21(4,26)22(5,37-23)29-12-11-17(25)27-20(29)32/h6-12,14-15,19,31H,13,26H2,1-5H3,(H,28,33)(H2,25,27,32)/t15-,19-,21+,22+,23+,38?/m0/s1. The molecule has 1 saturated heterocycles. The molecule has 2 heterocycles. The lowest BCUT2D eigenvalue weighted by molar-refractivity contribution is -0.236. The molecule has 1 aromatic carbocycles. The third-order valence-corrected chi connectivity index (χ3v) is 7.71. The van der Waals surface area contributed by atoms with Gasteiger partial charge in [0.05, 0.1) is 11.6 Å². The zero-order chi connectivity index (χ0) is 28.5. The highest BCUT2D eigenvalue weighted by Crippen LogP contribution is 2.51. The van der Waals surface area contributed by atoms with Crippen LogP contribution in [-0.2, 0) is 29.1 Å². The summed E-state index contributed by atoms with van der Waals surface area (Å²) in [6.45, 7) is 6.00. The summed E-state index contributed by atoms with van der Waals surface area (Å²) in [5, 5.41) is 13.3. The van der Waals surface area contributed by atoms with Gasteiger partial charge in [0.2, 0.25) is 0 Å². The third-order valence-electron chi connectivity index (χ3n) is 6.09. The van der Waals surface area contributed by atoms with Crippen LogP contribution in [0.5, 0.6) is 5.75 Å². The van der Waals surface area contributed by atoms with Gasteiger partial charge in [-0.05, 0) is 52.8 Å². The van der Waals surface area contributed by atoms with Crippen molar-refractivity contribution in [3.8, 4) is 5.75 Å². The molecule has 0 aliphatic carbocycles. The molecular weight excluding hydrogens is 524 g/mol. The SMILES string of the molecule is CC(C)OC(=O)[C@H](C)NP(=O)(OC[C@@]1(F)O[C@@](C)(n2ccc(N)nc2=O)[C@](C)(N)[C@@H]1O)Oc1ccccc1. The number of carbonyl (C=O) groups excluding carboxylic acids is 1. The summed E-state index contributed by atoms with van der Waals surface area (Å²) >= 11 is 0. The van der Waals surface area contributed by atoms with E-state index in [1.54, 1.807) is 32.0 Å². The molecule has 13 nitrogen and oxygen atoms in total. The number of halogens is 1. The Morgan fingerprint density at radius 1 is 1.29 bits per heavy atom. The Hall–Kier alpha value is -2.87. The molecule has 1 fully saturated rings. The van der Waals surface area contributed by atoms with Crippen LogP contribution >= 0.6 is 7.75 Å². The fraction of sp³-hybridized carbons (Fsp3) is 0.522. The second kappa shape index (κ2) is 10.7. The smallest absolute Gasteiger partial charge is 0.459 e. The predicted molar refractivity (Wildman–Crippen MR) is 135 cm³/mol. The van der Waals surface area contributed by atoms with Gasteiger partial charge in [0, 0.05) is 6.20 Å². The number of ether oxygens (including phenoxy) is 2. The molecule has 15 heteroatoms. The van der Waals surface area contributed by atoms with Gasteiger partial charge in [-0.1, -0.05) is 18.2 Å². The Balaban J connectivity index is 1.90. The lowest BCUT2D eigenvalue weighted by Gasteiger charge is -2.37. The molecule has 1 aromatic heterocycles. The van der Waals surface area contributed by atoms with Gasteiger partial charge in [-0.25, -0.2) is 13.8 Å². The van der Waals surface area contributed by atoms with E-state index in [2.05, 4.69) is 10.1 Å². The molecule has 0 bridgehead atoms. The lowest BCUT2D eigenvalue weighted by atomic mass is 9.85. The molecular formula is C23H33FN5O8P. The lowest BCUT2D eigenvalue weighted by Crippen LogP contribution is -2.63. The molecule has 2 aromatic rings. The van der Waals surface area contributed by atoms with Crippen LogP contribution in [0.25, 0.3) is 0 Å². The number of benzene rings is 1. The number of nitrogens with two attached hydrogens (primary N) is 2. The van der Waals surface area contributed by atoms with Crippen molar-refractivity contribution in [3.05, 3.63) is 53.1 Å². The van der Waals surface area contributed by atoms with Crippen LogP contribution in [0, 0.1) is 0 Å². The van der Waals surface area contributed by atoms with Crippen LogP contribution in [0.2, 0.25) is 0 Å². The van der Waals surface area contributed by atoms with E-state index in [0.717, 1.165) is 4.57 Å². The average molecular weight is 558 g/mol. The maximum Gasteiger partial charge on any atom is 0.459 e. The minimum absolute atomic E-state index is 0.0848. The van der Waals surface area contributed by atoms with E-state index in [1.807, 2.05) is 0 Å². The number of nitrogens with one attached hydrogen (secondary N) is 1. The van der Waals surface area contributed by atoms with Crippen molar-refractivity contribution in [2.24, 2.45) is 5.73 Å². The van der Waals surface area contributed by atoms with Gasteiger partial charge in [-0.3, -0.25) is 13.9 Å². The molecule has 0 saturated carbocycles. The van der Waals surface area contributed by atoms with Crippen LogP contribution in [0.4, 0.5) is 10.2 Å². The number of alkyl halides is 1. The zero-order valence-corrected chi connectivity index (χ0v) is 22.6. The fourth-order valence-corrected chi connectivity index (χ4v) is 5.37. The van der Waals surface area contributed by atoms with Crippen LogP contribution in [-0.4, -0.2) is 56.9 Å². The topological polar surface area (TPSA) is 190 Å². The summed E-state index contributed by atoms with van der Waals surface area (Å²) in [7, 11) is -4.51. The summed E-state index contributed by atoms with van der Waals surface area (Å²) in [5.41, 5.74) is 7.02. The number of aromatic nitrogens is 2. The Morgan fingerprint density at radius 3 is 2.50 bits per heavy atom. The van der Waals surface area contributed by atoms with E-state index in [9.17, 15) is 19.3 Å². The molecule has 38 heavy (non-hydrogen) atoms. The number of anilines is 1. The van der Waals surface area contributed by atoms with Gasteiger partial charge in [0.1, 0.15) is 30.3 Å². The maximum absolute atomic E-state index is 16.2. The van der Waals surface area contributed by atoms with E-state index < -0.39 is 61.4 Å². The molecule has 6 N–H and O–H groups in total. The quantitative estimate of drug-likeness (QED) is 0.243. The summed E-state index contributed by atoms with van der Waals surface area (Å²) in [5.74, 6) is -3.85. The van der Waals surface area contributed by atoms with E-state index in [0.29, 0.717) is 0 Å². The number of aliphatic hydroxyl groups excluding tert-OH is 1. The fourth-order valence-electron chi connectivity index (χ4n) is 3.86. The molecule has 6 atom stereocenters. The predicted octanol–water partition coefficient (Wildman–Crippen LogP) is 1.41. The number of carbonyl (C=O) groups is 1. The number of para-hydroxylation sites is 1. The Kier molecular flexibility index (Phi) is 8.37. The van der Waals surface area contributed by atoms with Crippen molar-refractivity contribution >= 4 is 19.5 Å². The zero-order valence-electron chi connectivity index (χ0n) is 21.7. The molecule has 3 rings (SSSR count). The number of rotatable bonds is 10.